The number of aromatic amines is 1. The Balaban J connectivity index is 2.14. The van der Waals surface area contributed by atoms with E-state index >= 15 is 0 Å². The molecule has 5 nitrogen and oxygen atoms in total. The maximum Gasteiger partial charge on any atom is 0.371 e. The van der Waals surface area contributed by atoms with Crippen LogP contribution in [0.5, 0.6) is 0 Å². The lowest BCUT2D eigenvalue weighted by atomic mass is 10.2. The van der Waals surface area contributed by atoms with Crippen molar-refractivity contribution in [1.29, 1.82) is 0 Å². The molecule has 2 N–H and O–H groups in total. The molecule has 1 heterocycles. The predicted molar refractivity (Wildman–Crippen MR) is 90.9 cm³/mol. The van der Waals surface area contributed by atoms with Crippen LogP contribution in [0.3, 0.4) is 0 Å². The van der Waals surface area contributed by atoms with Crippen LogP contribution >= 0.6 is 23.2 Å². The highest BCUT2D eigenvalue weighted by Crippen LogP contribution is 2.28. The number of hydrogen-bond acceptors (Lipinski definition) is 3. The molecule has 0 unspecified atom stereocenters. The van der Waals surface area contributed by atoms with Gasteiger partial charge in [0, 0.05) is 23.7 Å². The van der Waals surface area contributed by atoms with Crippen LogP contribution in [-0.4, -0.2) is 36.4 Å². The zero-order chi connectivity index (χ0) is 16.8. The number of H-pyrrole nitrogens is 1. The molecule has 1 aromatic heterocycles. The van der Waals surface area contributed by atoms with Gasteiger partial charge in [0.25, 0.3) is 0 Å². The van der Waals surface area contributed by atoms with E-state index in [9.17, 15) is 4.79 Å². The molecule has 0 radical (unpaired) electrons. The maximum atomic E-state index is 11.0. The maximum absolute atomic E-state index is 11.0. The van der Waals surface area contributed by atoms with Crippen LogP contribution in [0.15, 0.2) is 36.1 Å². The van der Waals surface area contributed by atoms with Crippen molar-refractivity contribution >= 4 is 46.2 Å². The van der Waals surface area contributed by atoms with E-state index in [1.54, 1.807) is 24.3 Å². The topological polar surface area (TPSA) is 71.5 Å². The molecule has 0 bridgehead atoms. The number of aliphatic carboxylic acids is 1. The van der Waals surface area contributed by atoms with Crippen LogP contribution in [0.2, 0.25) is 10.0 Å². The molecule has 0 fully saturated rings. The van der Waals surface area contributed by atoms with Crippen molar-refractivity contribution < 1.29 is 19.4 Å². The lowest BCUT2D eigenvalue weighted by molar-refractivity contribution is -0.136. The van der Waals surface area contributed by atoms with Gasteiger partial charge in [0.1, 0.15) is 6.61 Å². The first-order chi connectivity index (χ1) is 11.0. The van der Waals surface area contributed by atoms with Crippen molar-refractivity contribution in [3.8, 4) is 0 Å². The monoisotopic (exact) mass is 355 g/mol. The van der Waals surface area contributed by atoms with Crippen LogP contribution in [0.4, 0.5) is 0 Å². The zero-order valence-electron chi connectivity index (χ0n) is 12.3. The Labute approximate surface area is 143 Å². The number of ether oxygens (including phenoxy) is 2. The highest BCUT2D eigenvalue weighted by atomic mass is 35.5. The van der Waals surface area contributed by atoms with Crippen LogP contribution in [0, 0.1) is 0 Å². The number of carboxylic acids is 1. The summed E-state index contributed by atoms with van der Waals surface area (Å²) in [6.07, 6.45) is 4.69. The number of rotatable bonds is 7. The van der Waals surface area contributed by atoms with E-state index in [2.05, 4.69) is 4.98 Å². The molecule has 0 aliphatic rings. The van der Waals surface area contributed by atoms with E-state index in [1.807, 2.05) is 6.07 Å². The Kier molecular flexibility index (Phi) is 6.10. The summed E-state index contributed by atoms with van der Waals surface area (Å²) in [4.78, 5) is 14.2. The van der Waals surface area contributed by atoms with Crippen LogP contribution < -0.4 is 0 Å². The van der Waals surface area contributed by atoms with Gasteiger partial charge in [-0.15, -0.1) is 0 Å². The summed E-state index contributed by atoms with van der Waals surface area (Å²) in [7, 11) is 1.52. The van der Waals surface area contributed by atoms with Gasteiger partial charge in [0.2, 0.25) is 5.76 Å². The normalized spacial score (nSPS) is 12.2. The quantitative estimate of drug-likeness (QED) is 0.339. The van der Waals surface area contributed by atoms with Crippen molar-refractivity contribution in [3.05, 3.63) is 51.8 Å². The van der Waals surface area contributed by atoms with Crippen molar-refractivity contribution in [1.82, 2.24) is 4.98 Å². The first-order valence-electron chi connectivity index (χ1n) is 6.72. The summed E-state index contributed by atoms with van der Waals surface area (Å²) < 4.78 is 9.92. The van der Waals surface area contributed by atoms with Gasteiger partial charge in [-0.3, -0.25) is 0 Å². The summed E-state index contributed by atoms with van der Waals surface area (Å²) in [5, 5.41) is 10.9. The smallest absolute Gasteiger partial charge is 0.371 e. The van der Waals surface area contributed by atoms with Crippen molar-refractivity contribution in [2.75, 3.05) is 20.3 Å². The molecule has 0 spiro atoms. The Hall–Kier alpha value is -1.95. The Morgan fingerprint density at radius 1 is 1.26 bits per heavy atom. The largest absolute Gasteiger partial charge is 0.484 e. The van der Waals surface area contributed by atoms with Gasteiger partial charge in [-0.25, -0.2) is 4.79 Å². The summed E-state index contributed by atoms with van der Waals surface area (Å²) in [5.74, 6) is -1.29. The van der Waals surface area contributed by atoms with E-state index in [-0.39, 0.29) is 12.4 Å². The number of hydrogen-bond donors (Lipinski definition) is 2. The minimum atomic E-state index is -1.14. The molecule has 0 aliphatic heterocycles. The number of carboxylic acid groups (broad SMARTS) is 1. The minimum absolute atomic E-state index is 0.152. The van der Waals surface area contributed by atoms with E-state index in [1.165, 1.54) is 13.2 Å². The highest BCUT2D eigenvalue weighted by molar-refractivity contribution is 6.42. The number of carbonyl (C=O) groups is 1. The SMILES string of the molecule is COCCO/C(=C/C=C/c1cc2cc(Cl)c(Cl)cc2[nH]1)C(=O)O. The molecule has 2 aromatic rings. The second-order valence-electron chi connectivity index (χ2n) is 4.61. The van der Waals surface area contributed by atoms with E-state index in [0.29, 0.717) is 16.7 Å². The molecule has 0 aliphatic carbocycles. The lowest BCUT2D eigenvalue weighted by Crippen LogP contribution is -2.08. The first kappa shape index (κ1) is 17.4. The molecule has 0 saturated heterocycles. The second-order valence-corrected chi connectivity index (χ2v) is 5.43. The molecule has 0 atom stereocenters. The molecule has 23 heavy (non-hydrogen) atoms. The predicted octanol–water partition coefficient (Wildman–Crippen LogP) is 4.12. The van der Waals surface area contributed by atoms with Gasteiger partial charge in [-0.2, -0.15) is 0 Å². The average Bonchev–Trinajstić information content (AvgIpc) is 2.87. The van der Waals surface area contributed by atoms with E-state index in [4.69, 9.17) is 37.8 Å². The number of benzene rings is 1. The third kappa shape index (κ3) is 4.76. The van der Waals surface area contributed by atoms with E-state index in [0.717, 1.165) is 16.6 Å². The Bertz CT molecular complexity index is 726. The molecule has 7 heteroatoms. The average molecular weight is 356 g/mol. The number of nitrogens with one attached hydrogen (secondary N) is 1. The number of fused-ring (bicyclic) bond motifs is 1. The van der Waals surface area contributed by atoms with Crippen LogP contribution in [0.25, 0.3) is 17.0 Å². The summed E-state index contributed by atoms with van der Waals surface area (Å²) in [6, 6.07) is 5.39. The van der Waals surface area contributed by atoms with Gasteiger partial charge in [0.05, 0.1) is 16.7 Å². The molecular formula is C16H15Cl2NO4. The fraction of sp³-hybridized carbons (Fsp3) is 0.188. The van der Waals surface area contributed by atoms with Gasteiger partial charge < -0.3 is 19.6 Å². The van der Waals surface area contributed by atoms with Gasteiger partial charge in [-0.05, 0) is 30.4 Å². The standard InChI is InChI=1S/C16H15Cl2NO4/c1-22-5-6-23-15(16(20)21)4-2-3-11-7-10-8-12(17)13(18)9-14(10)19-11/h2-4,7-9,19H,5-6H2,1H3,(H,20,21)/b3-2+,15-4+. The Morgan fingerprint density at radius 3 is 2.70 bits per heavy atom. The number of halogens is 2. The second kappa shape index (κ2) is 8.06. The molecule has 1 aromatic carbocycles. The van der Waals surface area contributed by atoms with Gasteiger partial charge in [0.15, 0.2) is 0 Å². The lowest BCUT2D eigenvalue weighted by Gasteiger charge is -2.04. The Morgan fingerprint density at radius 2 is 2.00 bits per heavy atom. The fourth-order valence-corrected chi connectivity index (χ4v) is 2.23. The van der Waals surface area contributed by atoms with Crippen molar-refractivity contribution in [2.24, 2.45) is 0 Å². The van der Waals surface area contributed by atoms with Gasteiger partial charge >= 0.3 is 5.97 Å². The molecule has 0 amide bonds. The number of allylic oxidation sites excluding steroid dienone is 2. The molecular weight excluding hydrogens is 341 g/mol. The highest BCUT2D eigenvalue weighted by Gasteiger charge is 2.07. The van der Waals surface area contributed by atoms with Crippen LogP contribution in [0.1, 0.15) is 5.69 Å². The van der Waals surface area contributed by atoms with Crippen molar-refractivity contribution in [3.63, 3.8) is 0 Å². The third-order valence-corrected chi connectivity index (χ3v) is 3.68. The van der Waals surface area contributed by atoms with Crippen molar-refractivity contribution in [2.45, 2.75) is 0 Å². The van der Waals surface area contributed by atoms with E-state index < -0.39 is 5.97 Å². The van der Waals surface area contributed by atoms with Crippen LogP contribution in [-0.2, 0) is 14.3 Å². The summed E-state index contributed by atoms with van der Waals surface area (Å²) in [6.45, 7) is 0.490. The number of methoxy groups -OCH3 is 1. The fourth-order valence-electron chi connectivity index (χ4n) is 1.89. The van der Waals surface area contributed by atoms with Gasteiger partial charge in [-0.1, -0.05) is 29.3 Å². The minimum Gasteiger partial charge on any atom is -0.484 e. The molecule has 122 valence electrons. The first-order valence-corrected chi connectivity index (χ1v) is 7.48. The summed E-state index contributed by atoms with van der Waals surface area (Å²) >= 11 is 11.9. The third-order valence-electron chi connectivity index (χ3n) is 2.96. The summed E-state index contributed by atoms with van der Waals surface area (Å²) in [5.41, 5.74) is 1.63. The molecule has 0 saturated carbocycles. The molecule has 2 rings (SSSR count). The number of aromatic nitrogens is 1. The zero-order valence-corrected chi connectivity index (χ0v) is 13.8.